The van der Waals surface area contributed by atoms with Crippen molar-refractivity contribution in [2.24, 2.45) is 5.41 Å². The Morgan fingerprint density at radius 2 is 1.86 bits per heavy atom. The predicted molar refractivity (Wildman–Crippen MR) is 80.5 cm³/mol. The Morgan fingerprint density at radius 3 is 2.43 bits per heavy atom. The maximum atomic E-state index is 11.7. The van der Waals surface area contributed by atoms with Crippen LogP contribution in [-0.4, -0.2) is 27.6 Å². The largest absolute Gasteiger partial charge is 0.462 e. The first-order chi connectivity index (χ1) is 9.70. The fourth-order valence-corrected chi connectivity index (χ4v) is 2.27. The lowest BCUT2D eigenvalue weighted by atomic mass is 9.89. The smallest absolute Gasteiger partial charge is 0.355 e. The molecule has 7 heteroatoms. The number of hydrogen-bond donors (Lipinski definition) is 0. The van der Waals surface area contributed by atoms with Crippen LogP contribution in [0.5, 0.6) is 0 Å². The predicted octanol–water partition coefficient (Wildman–Crippen LogP) is 3.15. The highest BCUT2D eigenvalue weighted by Crippen LogP contribution is 2.24. The lowest BCUT2D eigenvalue weighted by Gasteiger charge is -2.23. The van der Waals surface area contributed by atoms with E-state index in [1.807, 2.05) is 19.9 Å². The van der Waals surface area contributed by atoms with E-state index in [-0.39, 0.29) is 24.6 Å². The van der Waals surface area contributed by atoms with Crippen molar-refractivity contribution in [3.05, 3.63) is 35.9 Å². The molecule has 0 atom stereocenters. The summed E-state index contributed by atoms with van der Waals surface area (Å²) in [4.78, 5) is 11.7. The molecule has 0 unspecified atom stereocenters. The van der Waals surface area contributed by atoms with Crippen LogP contribution in [0, 0.1) is 5.41 Å². The zero-order valence-corrected chi connectivity index (χ0v) is 13.6. The molecule has 21 heavy (non-hydrogen) atoms. The number of esters is 1. The van der Waals surface area contributed by atoms with Crippen molar-refractivity contribution in [2.45, 2.75) is 26.7 Å². The Labute approximate surface area is 129 Å². The standard InChI is InChI=1S/C14H19ClO5S/c1-14(2,11-20-21(15,17)18)9-6-10-19-13(16)12-7-4-3-5-8-12/h3-5,7-8H,6,9-11H2,1-2H3. The molecule has 5 nitrogen and oxygen atoms in total. The minimum atomic E-state index is -3.95. The molecule has 0 heterocycles. The van der Waals surface area contributed by atoms with Crippen LogP contribution >= 0.6 is 10.7 Å². The van der Waals surface area contributed by atoms with Gasteiger partial charge >= 0.3 is 15.3 Å². The lowest BCUT2D eigenvalue weighted by Crippen LogP contribution is -2.21. The molecule has 0 aromatic heterocycles. The molecule has 0 amide bonds. The van der Waals surface area contributed by atoms with Crippen LogP contribution in [0.2, 0.25) is 0 Å². The fraction of sp³-hybridized carbons (Fsp3) is 0.500. The third-order valence-electron chi connectivity index (χ3n) is 2.83. The van der Waals surface area contributed by atoms with Gasteiger partial charge in [-0.15, -0.1) is 0 Å². The molecule has 0 fully saturated rings. The number of halogens is 1. The fourth-order valence-electron chi connectivity index (χ4n) is 1.68. The van der Waals surface area contributed by atoms with E-state index in [0.717, 1.165) is 0 Å². The molecular formula is C14H19ClO5S. The van der Waals surface area contributed by atoms with Crippen LogP contribution < -0.4 is 0 Å². The summed E-state index contributed by atoms with van der Waals surface area (Å²) in [6.45, 7) is 3.97. The van der Waals surface area contributed by atoms with Crippen LogP contribution in [0.1, 0.15) is 37.0 Å². The van der Waals surface area contributed by atoms with Crippen molar-refractivity contribution in [1.29, 1.82) is 0 Å². The molecular weight excluding hydrogens is 316 g/mol. The van der Waals surface area contributed by atoms with E-state index in [9.17, 15) is 13.2 Å². The van der Waals surface area contributed by atoms with Gasteiger partial charge in [-0.3, -0.25) is 4.18 Å². The first-order valence-corrected chi connectivity index (χ1v) is 8.74. The molecule has 0 spiro atoms. The van der Waals surface area contributed by atoms with Crippen molar-refractivity contribution in [2.75, 3.05) is 13.2 Å². The van der Waals surface area contributed by atoms with E-state index in [1.54, 1.807) is 24.3 Å². The Morgan fingerprint density at radius 1 is 1.24 bits per heavy atom. The van der Waals surface area contributed by atoms with Gasteiger partial charge in [-0.25, -0.2) is 4.79 Å². The van der Waals surface area contributed by atoms with Gasteiger partial charge < -0.3 is 4.74 Å². The third-order valence-corrected chi connectivity index (χ3v) is 3.50. The number of benzene rings is 1. The van der Waals surface area contributed by atoms with Gasteiger partial charge in [0.1, 0.15) is 0 Å². The van der Waals surface area contributed by atoms with Crippen LogP contribution in [-0.2, 0) is 18.3 Å². The summed E-state index contributed by atoms with van der Waals surface area (Å²) >= 11 is 0. The lowest BCUT2D eigenvalue weighted by molar-refractivity contribution is 0.0479. The van der Waals surface area contributed by atoms with Crippen LogP contribution in [0.3, 0.4) is 0 Å². The molecule has 0 radical (unpaired) electrons. The molecule has 0 bridgehead atoms. The van der Waals surface area contributed by atoms with Gasteiger partial charge in [-0.1, -0.05) is 32.0 Å². The Bertz CT molecular complexity index is 554. The first kappa shape index (κ1) is 17.9. The number of carbonyl (C=O) groups is 1. The maximum Gasteiger partial charge on any atom is 0.355 e. The van der Waals surface area contributed by atoms with Crippen molar-refractivity contribution < 1.29 is 22.1 Å². The molecule has 0 N–H and O–H groups in total. The van der Waals surface area contributed by atoms with Gasteiger partial charge in [-0.2, -0.15) is 8.42 Å². The second-order valence-electron chi connectivity index (χ2n) is 5.43. The monoisotopic (exact) mass is 334 g/mol. The molecule has 1 rings (SSSR count). The van der Waals surface area contributed by atoms with E-state index >= 15 is 0 Å². The normalized spacial score (nSPS) is 12.1. The summed E-state index contributed by atoms with van der Waals surface area (Å²) in [5.41, 5.74) is 0.134. The van der Waals surface area contributed by atoms with Crippen molar-refractivity contribution >= 4 is 26.0 Å². The molecule has 0 saturated carbocycles. The molecule has 0 saturated heterocycles. The third kappa shape index (κ3) is 8.04. The average Bonchev–Trinajstić information content (AvgIpc) is 2.42. The molecule has 0 aliphatic rings. The number of ether oxygens (including phenoxy) is 1. The maximum absolute atomic E-state index is 11.7. The molecule has 1 aromatic rings. The van der Waals surface area contributed by atoms with Crippen molar-refractivity contribution in [3.8, 4) is 0 Å². The summed E-state index contributed by atoms with van der Waals surface area (Å²) in [7, 11) is 1.04. The van der Waals surface area contributed by atoms with Gasteiger partial charge in [0, 0.05) is 10.7 Å². The Hall–Kier alpha value is -1.11. The summed E-state index contributed by atoms with van der Waals surface area (Å²) in [6.07, 6.45) is 1.25. The molecule has 1 aromatic carbocycles. The summed E-state index contributed by atoms with van der Waals surface area (Å²) < 4.78 is 31.2. The van der Waals surface area contributed by atoms with Crippen molar-refractivity contribution in [3.63, 3.8) is 0 Å². The number of carbonyl (C=O) groups excluding carboxylic acids is 1. The van der Waals surface area contributed by atoms with E-state index in [2.05, 4.69) is 4.18 Å². The second-order valence-corrected chi connectivity index (χ2v) is 7.58. The highest BCUT2D eigenvalue weighted by atomic mass is 35.7. The average molecular weight is 335 g/mol. The Balaban J connectivity index is 2.28. The van der Waals surface area contributed by atoms with E-state index in [4.69, 9.17) is 15.4 Å². The zero-order chi connectivity index (χ0) is 15.9. The van der Waals surface area contributed by atoms with Crippen LogP contribution in [0.4, 0.5) is 0 Å². The van der Waals surface area contributed by atoms with Gasteiger partial charge in [0.05, 0.1) is 18.8 Å². The van der Waals surface area contributed by atoms with E-state index < -0.39 is 9.33 Å². The summed E-state index contributed by atoms with van der Waals surface area (Å²) in [6, 6.07) is 8.73. The quantitative estimate of drug-likeness (QED) is 0.415. The minimum Gasteiger partial charge on any atom is -0.462 e. The second kappa shape index (κ2) is 7.77. The van der Waals surface area contributed by atoms with Crippen LogP contribution in [0.25, 0.3) is 0 Å². The van der Waals surface area contributed by atoms with Gasteiger partial charge in [0.2, 0.25) is 0 Å². The molecule has 0 aliphatic carbocycles. The zero-order valence-electron chi connectivity index (χ0n) is 12.0. The summed E-state index contributed by atoms with van der Waals surface area (Å²) in [5.74, 6) is -0.368. The van der Waals surface area contributed by atoms with Gasteiger partial charge in [0.15, 0.2) is 0 Å². The highest BCUT2D eigenvalue weighted by molar-refractivity contribution is 8.09. The SMILES string of the molecule is CC(C)(CCCOC(=O)c1ccccc1)COS(=O)(=O)Cl. The van der Waals surface area contributed by atoms with E-state index in [1.165, 1.54) is 0 Å². The number of rotatable bonds is 8. The molecule has 118 valence electrons. The van der Waals surface area contributed by atoms with E-state index in [0.29, 0.717) is 18.4 Å². The van der Waals surface area contributed by atoms with Gasteiger partial charge in [0.25, 0.3) is 0 Å². The highest BCUT2D eigenvalue weighted by Gasteiger charge is 2.21. The molecule has 0 aliphatic heterocycles. The van der Waals surface area contributed by atoms with Crippen molar-refractivity contribution in [1.82, 2.24) is 0 Å². The van der Waals surface area contributed by atoms with Crippen LogP contribution in [0.15, 0.2) is 30.3 Å². The summed E-state index contributed by atoms with van der Waals surface area (Å²) in [5, 5.41) is 0. The number of hydrogen-bond acceptors (Lipinski definition) is 5. The Kier molecular flexibility index (Phi) is 6.64. The first-order valence-electron chi connectivity index (χ1n) is 6.51. The topological polar surface area (TPSA) is 69.7 Å². The minimum absolute atomic E-state index is 0.00847. The van der Waals surface area contributed by atoms with Gasteiger partial charge in [-0.05, 0) is 30.4 Å².